The highest BCUT2D eigenvalue weighted by Crippen LogP contribution is 2.45. The van der Waals surface area contributed by atoms with Gasteiger partial charge in [-0.3, -0.25) is 4.79 Å². The lowest BCUT2D eigenvalue weighted by Crippen LogP contribution is -2.51. The molecule has 6 heteroatoms. The maximum Gasteiger partial charge on any atom is 0.327 e. The first kappa shape index (κ1) is 13.2. The van der Waals surface area contributed by atoms with E-state index >= 15 is 0 Å². The van der Waals surface area contributed by atoms with Crippen LogP contribution in [0.4, 0.5) is 0 Å². The SMILES string of the molecule is O=C(O)C1CSC(C2CC2)N1C(=O)C1CCCCO1. The van der Waals surface area contributed by atoms with Crippen molar-refractivity contribution < 1.29 is 19.4 Å². The Hall–Kier alpha value is -0.750. The molecule has 2 heterocycles. The van der Waals surface area contributed by atoms with E-state index in [-0.39, 0.29) is 11.3 Å². The molecule has 1 N–H and O–H groups in total. The number of rotatable bonds is 3. The van der Waals surface area contributed by atoms with Crippen molar-refractivity contribution in [2.75, 3.05) is 12.4 Å². The standard InChI is InChI=1S/C13H19NO4S/c15-11(10-3-1-2-6-18-10)14-9(13(16)17)7-19-12(14)8-4-5-8/h8-10,12H,1-7H2,(H,16,17). The van der Waals surface area contributed by atoms with Crippen LogP contribution in [0.1, 0.15) is 32.1 Å². The number of hydrogen-bond donors (Lipinski definition) is 1. The van der Waals surface area contributed by atoms with Gasteiger partial charge in [-0.2, -0.15) is 0 Å². The zero-order valence-corrected chi connectivity index (χ0v) is 11.6. The maximum absolute atomic E-state index is 12.6. The molecule has 106 valence electrons. The van der Waals surface area contributed by atoms with Crippen LogP contribution >= 0.6 is 11.8 Å². The molecule has 0 aromatic carbocycles. The number of ether oxygens (including phenoxy) is 1. The summed E-state index contributed by atoms with van der Waals surface area (Å²) in [6.45, 7) is 0.614. The maximum atomic E-state index is 12.6. The van der Waals surface area contributed by atoms with E-state index in [1.165, 1.54) is 0 Å². The minimum Gasteiger partial charge on any atom is -0.480 e. The molecule has 1 aliphatic carbocycles. The Morgan fingerprint density at radius 2 is 2.00 bits per heavy atom. The third-order valence-corrected chi connectivity index (χ3v) is 5.52. The summed E-state index contributed by atoms with van der Waals surface area (Å²) in [6, 6.07) is -0.673. The van der Waals surface area contributed by atoms with Crippen LogP contribution in [0.5, 0.6) is 0 Å². The van der Waals surface area contributed by atoms with Gasteiger partial charge >= 0.3 is 5.97 Å². The van der Waals surface area contributed by atoms with Crippen molar-refractivity contribution in [1.29, 1.82) is 0 Å². The summed E-state index contributed by atoms with van der Waals surface area (Å²) in [7, 11) is 0. The van der Waals surface area contributed by atoms with Crippen LogP contribution in [0.2, 0.25) is 0 Å². The smallest absolute Gasteiger partial charge is 0.327 e. The lowest BCUT2D eigenvalue weighted by Gasteiger charge is -2.32. The van der Waals surface area contributed by atoms with Gasteiger partial charge in [0.05, 0.1) is 5.37 Å². The molecule has 2 saturated heterocycles. The molecule has 3 atom stereocenters. The van der Waals surface area contributed by atoms with Crippen LogP contribution in [-0.2, 0) is 14.3 Å². The van der Waals surface area contributed by atoms with E-state index in [0.717, 1.165) is 32.1 Å². The third kappa shape index (κ3) is 2.60. The number of thioether (sulfide) groups is 1. The third-order valence-electron chi connectivity index (χ3n) is 4.05. The molecule has 1 amide bonds. The Morgan fingerprint density at radius 1 is 1.21 bits per heavy atom. The van der Waals surface area contributed by atoms with E-state index in [2.05, 4.69) is 0 Å². The molecule has 5 nitrogen and oxygen atoms in total. The molecule has 0 radical (unpaired) electrons. The highest BCUT2D eigenvalue weighted by molar-refractivity contribution is 8.00. The Kier molecular flexibility index (Phi) is 3.71. The summed E-state index contributed by atoms with van der Waals surface area (Å²) < 4.78 is 5.54. The highest BCUT2D eigenvalue weighted by Gasteiger charge is 2.49. The number of aliphatic carboxylic acids is 1. The van der Waals surface area contributed by atoms with Crippen LogP contribution in [0.25, 0.3) is 0 Å². The second-order valence-electron chi connectivity index (χ2n) is 5.52. The van der Waals surface area contributed by atoms with Crippen molar-refractivity contribution in [3.8, 4) is 0 Å². The monoisotopic (exact) mass is 285 g/mol. The first-order valence-corrected chi connectivity index (χ1v) is 8.01. The molecule has 0 bridgehead atoms. The number of hydrogen-bond acceptors (Lipinski definition) is 4. The Morgan fingerprint density at radius 3 is 2.58 bits per heavy atom. The van der Waals surface area contributed by atoms with Gasteiger partial charge in [0.2, 0.25) is 0 Å². The molecular weight excluding hydrogens is 266 g/mol. The van der Waals surface area contributed by atoms with Crippen molar-refractivity contribution in [2.24, 2.45) is 5.92 Å². The van der Waals surface area contributed by atoms with Crippen molar-refractivity contribution in [3.63, 3.8) is 0 Å². The van der Waals surface area contributed by atoms with Gasteiger partial charge in [0, 0.05) is 12.4 Å². The molecule has 3 fully saturated rings. The van der Waals surface area contributed by atoms with Crippen LogP contribution in [0.15, 0.2) is 0 Å². The highest BCUT2D eigenvalue weighted by atomic mass is 32.2. The number of carboxylic acid groups (broad SMARTS) is 1. The first-order valence-electron chi connectivity index (χ1n) is 6.96. The minimum atomic E-state index is -0.889. The number of carbonyl (C=O) groups is 2. The van der Waals surface area contributed by atoms with Gasteiger partial charge in [0.1, 0.15) is 12.1 Å². The van der Waals surface area contributed by atoms with E-state index < -0.39 is 18.1 Å². The van der Waals surface area contributed by atoms with Crippen molar-refractivity contribution in [1.82, 2.24) is 4.90 Å². The van der Waals surface area contributed by atoms with Gasteiger partial charge in [0.15, 0.2) is 0 Å². The van der Waals surface area contributed by atoms with E-state index in [4.69, 9.17) is 4.74 Å². The van der Waals surface area contributed by atoms with Gasteiger partial charge in [-0.05, 0) is 38.0 Å². The summed E-state index contributed by atoms with van der Waals surface area (Å²) in [4.78, 5) is 25.5. The average Bonchev–Trinajstić information content (AvgIpc) is 3.17. The lowest BCUT2D eigenvalue weighted by atomic mass is 10.1. The van der Waals surface area contributed by atoms with Gasteiger partial charge in [0.25, 0.3) is 5.91 Å². The Labute approximate surface area is 116 Å². The molecular formula is C13H19NO4S. The molecule has 19 heavy (non-hydrogen) atoms. The Balaban J connectivity index is 1.76. The quantitative estimate of drug-likeness (QED) is 0.847. The largest absolute Gasteiger partial charge is 0.480 e. The summed E-state index contributed by atoms with van der Waals surface area (Å²) in [6.07, 6.45) is 4.51. The van der Waals surface area contributed by atoms with E-state index in [1.54, 1.807) is 16.7 Å². The summed E-state index contributed by atoms with van der Waals surface area (Å²) in [5.41, 5.74) is 0. The molecule has 2 aliphatic heterocycles. The predicted octanol–water partition coefficient (Wildman–Crippen LogP) is 1.32. The van der Waals surface area contributed by atoms with Crippen molar-refractivity contribution in [2.45, 2.75) is 49.6 Å². The second-order valence-corrected chi connectivity index (χ2v) is 6.67. The first-order chi connectivity index (χ1) is 9.18. The molecule has 3 unspecified atom stereocenters. The van der Waals surface area contributed by atoms with E-state index in [1.807, 2.05) is 0 Å². The average molecular weight is 285 g/mol. The van der Waals surface area contributed by atoms with Crippen LogP contribution in [0.3, 0.4) is 0 Å². The molecule has 0 spiro atoms. The summed E-state index contributed by atoms with van der Waals surface area (Å²) in [5, 5.41) is 9.36. The topological polar surface area (TPSA) is 66.8 Å². The zero-order chi connectivity index (χ0) is 13.4. The van der Waals surface area contributed by atoms with Crippen molar-refractivity contribution >= 4 is 23.6 Å². The minimum absolute atomic E-state index is 0.0547. The fraction of sp³-hybridized carbons (Fsp3) is 0.846. The van der Waals surface area contributed by atoms with Crippen molar-refractivity contribution in [3.05, 3.63) is 0 Å². The van der Waals surface area contributed by atoms with Crippen LogP contribution < -0.4 is 0 Å². The predicted molar refractivity (Wildman–Crippen MR) is 70.8 cm³/mol. The number of amides is 1. The number of nitrogens with zero attached hydrogens (tertiary/aromatic N) is 1. The molecule has 0 aromatic rings. The lowest BCUT2D eigenvalue weighted by molar-refractivity contribution is -0.157. The zero-order valence-electron chi connectivity index (χ0n) is 10.8. The van der Waals surface area contributed by atoms with E-state index in [0.29, 0.717) is 18.3 Å². The second kappa shape index (κ2) is 5.32. The van der Waals surface area contributed by atoms with Gasteiger partial charge in [-0.1, -0.05) is 0 Å². The van der Waals surface area contributed by atoms with Crippen LogP contribution in [-0.4, -0.2) is 51.8 Å². The van der Waals surface area contributed by atoms with Gasteiger partial charge in [-0.25, -0.2) is 4.79 Å². The van der Waals surface area contributed by atoms with E-state index in [9.17, 15) is 14.7 Å². The number of carboxylic acids is 1. The number of carbonyl (C=O) groups excluding carboxylic acids is 1. The normalized spacial score (nSPS) is 35.4. The fourth-order valence-electron chi connectivity index (χ4n) is 2.84. The van der Waals surface area contributed by atoms with Gasteiger partial charge in [-0.15, -0.1) is 11.8 Å². The molecule has 0 aromatic heterocycles. The molecule has 3 aliphatic rings. The Bertz CT molecular complexity index is 379. The van der Waals surface area contributed by atoms with Gasteiger partial charge < -0.3 is 14.7 Å². The van der Waals surface area contributed by atoms with Crippen LogP contribution in [0, 0.1) is 5.92 Å². The molecule has 1 saturated carbocycles. The fourth-order valence-corrected chi connectivity index (χ4v) is 4.48. The molecule has 3 rings (SSSR count). The summed E-state index contributed by atoms with van der Waals surface area (Å²) >= 11 is 1.62. The summed E-state index contributed by atoms with van der Waals surface area (Å²) in [5.74, 6) is 0.00491.